The maximum absolute atomic E-state index is 13.5. The van der Waals surface area contributed by atoms with Gasteiger partial charge in [-0.1, -0.05) is 28.1 Å². The lowest BCUT2D eigenvalue weighted by Crippen LogP contribution is -2.21. The summed E-state index contributed by atoms with van der Waals surface area (Å²) in [5.41, 5.74) is 6.52. The van der Waals surface area contributed by atoms with Crippen molar-refractivity contribution in [1.82, 2.24) is 4.98 Å². The second-order valence-corrected chi connectivity index (χ2v) is 7.72. The fourth-order valence-electron chi connectivity index (χ4n) is 3.91. The predicted octanol–water partition coefficient (Wildman–Crippen LogP) is 6.06. The Labute approximate surface area is 159 Å². The summed E-state index contributed by atoms with van der Waals surface area (Å²) < 4.78 is 0.942. The van der Waals surface area contributed by atoms with Gasteiger partial charge in [-0.2, -0.15) is 0 Å². The summed E-state index contributed by atoms with van der Waals surface area (Å²) in [5.74, 6) is 0.00620. The van der Waals surface area contributed by atoms with Gasteiger partial charge < -0.3 is 0 Å². The van der Waals surface area contributed by atoms with Gasteiger partial charge in [0.25, 0.3) is 5.91 Å². The Morgan fingerprint density at radius 2 is 1.69 bits per heavy atom. The minimum atomic E-state index is 0.00620. The maximum Gasteiger partial charge on any atom is 0.264 e. The second-order valence-electron chi connectivity index (χ2n) is 6.81. The molecule has 0 saturated carbocycles. The summed E-state index contributed by atoms with van der Waals surface area (Å²) in [6.07, 6.45) is 0. The van der Waals surface area contributed by atoms with E-state index in [1.165, 1.54) is 0 Å². The largest absolute Gasteiger partial charge is 0.276 e. The highest BCUT2D eigenvalue weighted by Crippen LogP contribution is 2.44. The zero-order chi connectivity index (χ0) is 18.0. The van der Waals surface area contributed by atoms with Crippen molar-refractivity contribution in [3.8, 4) is 0 Å². The van der Waals surface area contributed by atoms with Crippen molar-refractivity contribution in [3.63, 3.8) is 0 Å². The van der Waals surface area contributed by atoms with Crippen molar-refractivity contribution in [2.45, 2.75) is 13.8 Å². The molecular formula is C22H15BrN2O. The van der Waals surface area contributed by atoms with Crippen LogP contribution in [-0.2, 0) is 0 Å². The van der Waals surface area contributed by atoms with Crippen molar-refractivity contribution >= 4 is 55.0 Å². The Balaban J connectivity index is 1.88. The summed E-state index contributed by atoms with van der Waals surface area (Å²) in [4.78, 5) is 20.1. The van der Waals surface area contributed by atoms with E-state index in [0.29, 0.717) is 0 Å². The van der Waals surface area contributed by atoms with Crippen molar-refractivity contribution in [2.24, 2.45) is 0 Å². The number of pyridine rings is 1. The van der Waals surface area contributed by atoms with E-state index in [9.17, 15) is 4.79 Å². The number of nitrogens with zero attached hydrogens (tertiary/aromatic N) is 2. The molecule has 5 rings (SSSR count). The predicted molar refractivity (Wildman–Crippen MR) is 109 cm³/mol. The molecule has 0 fully saturated rings. The standard InChI is InChI=1S/C22H15BrN2O/c1-12-8-13(2)10-15(9-12)25-19-5-3-4-18-21(19)20(22(25)26)16-11-14(23)6-7-17(16)24-18/h3-11H,1-2H3. The van der Waals surface area contributed by atoms with Crippen LogP contribution in [0.5, 0.6) is 0 Å². The highest BCUT2D eigenvalue weighted by atomic mass is 79.9. The number of aromatic nitrogens is 1. The van der Waals surface area contributed by atoms with Crippen LogP contribution < -0.4 is 4.90 Å². The van der Waals surface area contributed by atoms with Gasteiger partial charge in [0.05, 0.1) is 22.3 Å². The van der Waals surface area contributed by atoms with Gasteiger partial charge in [-0.05, 0) is 67.4 Å². The van der Waals surface area contributed by atoms with Crippen LogP contribution in [0.15, 0.2) is 59.1 Å². The molecule has 0 aliphatic carbocycles. The highest BCUT2D eigenvalue weighted by molar-refractivity contribution is 9.10. The average molecular weight is 403 g/mol. The van der Waals surface area contributed by atoms with Crippen LogP contribution >= 0.6 is 15.9 Å². The lowest BCUT2D eigenvalue weighted by molar-refractivity contribution is 0.101. The van der Waals surface area contributed by atoms with Crippen LogP contribution in [0.3, 0.4) is 0 Å². The third kappa shape index (κ3) is 2.12. The van der Waals surface area contributed by atoms with E-state index < -0.39 is 0 Å². The monoisotopic (exact) mass is 402 g/mol. The van der Waals surface area contributed by atoms with Crippen LogP contribution in [0.4, 0.5) is 11.4 Å². The van der Waals surface area contributed by atoms with E-state index >= 15 is 0 Å². The fraction of sp³-hybridized carbons (Fsp3) is 0.0909. The summed E-state index contributed by atoms with van der Waals surface area (Å²) in [6.45, 7) is 4.11. The number of aryl methyl sites for hydroxylation is 2. The van der Waals surface area contributed by atoms with Gasteiger partial charge in [0, 0.05) is 20.9 Å². The van der Waals surface area contributed by atoms with Crippen molar-refractivity contribution in [2.75, 3.05) is 4.90 Å². The van der Waals surface area contributed by atoms with Crippen molar-refractivity contribution in [3.05, 3.63) is 75.8 Å². The van der Waals surface area contributed by atoms with Gasteiger partial charge in [-0.25, -0.2) is 4.98 Å². The molecule has 0 radical (unpaired) electrons. The summed E-state index contributed by atoms with van der Waals surface area (Å²) in [6, 6.07) is 18.1. The first-order valence-corrected chi connectivity index (χ1v) is 9.27. The fourth-order valence-corrected chi connectivity index (χ4v) is 4.27. The first-order chi connectivity index (χ1) is 12.5. The Kier molecular flexibility index (Phi) is 3.22. The normalized spacial score (nSPS) is 13.2. The molecular weight excluding hydrogens is 388 g/mol. The van der Waals surface area contributed by atoms with E-state index in [4.69, 9.17) is 4.98 Å². The molecule has 1 aliphatic rings. The maximum atomic E-state index is 13.5. The molecule has 0 saturated heterocycles. The van der Waals surface area contributed by atoms with Crippen LogP contribution in [0.25, 0.3) is 21.8 Å². The van der Waals surface area contributed by atoms with Crippen LogP contribution in [0.1, 0.15) is 21.5 Å². The Hall–Kier alpha value is -2.72. The molecule has 126 valence electrons. The number of hydrogen-bond acceptors (Lipinski definition) is 2. The number of carbonyl (C=O) groups excluding carboxylic acids is 1. The average Bonchev–Trinajstić information content (AvgIpc) is 2.89. The molecule has 4 aromatic rings. The van der Waals surface area contributed by atoms with Gasteiger partial charge in [-0.3, -0.25) is 9.69 Å². The number of benzene rings is 3. The number of rotatable bonds is 1. The van der Waals surface area contributed by atoms with Crippen molar-refractivity contribution < 1.29 is 4.79 Å². The van der Waals surface area contributed by atoms with Gasteiger partial charge in [-0.15, -0.1) is 0 Å². The van der Waals surface area contributed by atoms with Gasteiger partial charge in [0.2, 0.25) is 0 Å². The van der Waals surface area contributed by atoms with Crippen LogP contribution in [0, 0.1) is 13.8 Å². The molecule has 3 nitrogen and oxygen atoms in total. The van der Waals surface area contributed by atoms with E-state index in [1.54, 1.807) is 0 Å². The summed E-state index contributed by atoms with van der Waals surface area (Å²) in [5, 5.41) is 1.82. The molecule has 0 N–H and O–H groups in total. The van der Waals surface area contributed by atoms with Gasteiger partial charge >= 0.3 is 0 Å². The molecule has 1 amide bonds. The topological polar surface area (TPSA) is 33.2 Å². The van der Waals surface area contributed by atoms with Gasteiger partial charge in [0.15, 0.2) is 0 Å². The van der Waals surface area contributed by atoms with E-state index in [0.717, 1.165) is 54.3 Å². The summed E-state index contributed by atoms with van der Waals surface area (Å²) in [7, 11) is 0. The second kappa shape index (κ2) is 5.39. The summed E-state index contributed by atoms with van der Waals surface area (Å²) >= 11 is 3.52. The number of anilines is 2. The molecule has 0 unspecified atom stereocenters. The first-order valence-electron chi connectivity index (χ1n) is 8.48. The molecule has 26 heavy (non-hydrogen) atoms. The molecule has 1 aromatic heterocycles. The van der Waals surface area contributed by atoms with Crippen molar-refractivity contribution in [1.29, 1.82) is 0 Å². The molecule has 0 spiro atoms. The SMILES string of the molecule is Cc1cc(C)cc(N2C(=O)c3c4cc(Br)ccc4nc4cccc2c34)c1. The van der Waals surface area contributed by atoms with E-state index in [2.05, 4.69) is 48.0 Å². The van der Waals surface area contributed by atoms with Crippen LogP contribution in [0.2, 0.25) is 0 Å². The smallest absolute Gasteiger partial charge is 0.264 e. The zero-order valence-corrected chi connectivity index (χ0v) is 16.0. The van der Waals surface area contributed by atoms with Gasteiger partial charge in [0.1, 0.15) is 0 Å². The minimum Gasteiger partial charge on any atom is -0.276 e. The quantitative estimate of drug-likeness (QED) is 0.362. The third-order valence-corrected chi connectivity index (χ3v) is 5.36. The molecule has 4 heteroatoms. The minimum absolute atomic E-state index is 0.00620. The molecule has 0 bridgehead atoms. The highest BCUT2D eigenvalue weighted by Gasteiger charge is 2.33. The molecule has 0 atom stereocenters. The Morgan fingerprint density at radius 3 is 2.46 bits per heavy atom. The number of hydrogen-bond donors (Lipinski definition) is 0. The molecule has 2 heterocycles. The number of halogens is 1. The number of fused-ring (bicyclic) bond motifs is 2. The first kappa shape index (κ1) is 15.5. The van der Waals surface area contributed by atoms with Crippen LogP contribution in [-0.4, -0.2) is 10.9 Å². The Morgan fingerprint density at radius 1 is 0.923 bits per heavy atom. The number of amides is 1. The third-order valence-electron chi connectivity index (χ3n) is 4.86. The lowest BCUT2D eigenvalue weighted by Gasteiger charge is -2.19. The number of carbonyl (C=O) groups is 1. The van der Waals surface area contributed by atoms with E-state index in [1.807, 2.05) is 41.3 Å². The molecule has 3 aromatic carbocycles. The molecule has 1 aliphatic heterocycles. The Bertz CT molecular complexity index is 1230. The lowest BCUT2D eigenvalue weighted by atomic mass is 10.0. The zero-order valence-electron chi connectivity index (χ0n) is 14.4. The van der Waals surface area contributed by atoms with E-state index in [-0.39, 0.29) is 5.91 Å².